The normalized spacial score (nSPS) is 16.4. The first-order chi connectivity index (χ1) is 12.6. The number of benzene rings is 1. The number of rotatable bonds is 7. The Kier molecular flexibility index (Phi) is 6.78. The zero-order valence-electron chi connectivity index (χ0n) is 15.7. The van der Waals surface area contributed by atoms with Crippen molar-refractivity contribution in [2.75, 3.05) is 5.75 Å². The van der Waals surface area contributed by atoms with Gasteiger partial charge in [-0.05, 0) is 38.2 Å². The molecule has 1 saturated carbocycles. The predicted molar refractivity (Wildman–Crippen MR) is 106 cm³/mol. The van der Waals surface area contributed by atoms with Crippen molar-refractivity contribution in [1.29, 1.82) is 0 Å². The highest BCUT2D eigenvalue weighted by atomic mass is 32.2. The molecule has 1 heterocycles. The van der Waals surface area contributed by atoms with Crippen molar-refractivity contribution in [2.24, 2.45) is 5.92 Å². The van der Waals surface area contributed by atoms with Crippen molar-refractivity contribution in [3.8, 4) is 0 Å². The molecule has 140 valence electrons. The lowest BCUT2D eigenvalue weighted by Gasteiger charge is -2.31. The number of nitrogens with one attached hydrogen (secondary N) is 1. The van der Waals surface area contributed by atoms with E-state index in [0.717, 1.165) is 22.8 Å². The number of hydrogen-bond donors (Lipinski definition) is 1. The zero-order chi connectivity index (χ0) is 18.4. The van der Waals surface area contributed by atoms with Crippen molar-refractivity contribution in [3.63, 3.8) is 0 Å². The van der Waals surface area contributed by atoms with E-state index in [1.54, 1.807) is 11.8 Å². The molecule has 1 amide bonds. The van der Waals surface area contributed by atoms with Crippen LogP contribution >= 0.6 is 11.8 Å². The molecule has 2 aromatic rings. The second-order valence-electron chi connectivity index (χ2n) is 7.15. The molecule has 1 atom stereocenters. The van der Waals surface area contributed by atoms with Crippen LogP contribution in [0.3, 0.4) is 0 Å². The Morgan fingerprint density at radius 2 is 1.96 bits per heavy atom. The summed E-state index contributed by atoms with van der Waals surface area (Å²) in [7, 11) is 0. The minimum atomic E-state index is 0.112. The number of thioether (sulfide) groups is 1. The van der Waals surface area contributed by atoms with Gasteiger partial charge in [-0.1, -0.05) is 54.8 Å². The lowest BCUT2D eigenvalue weighted by Crippen LogP contribution is -2.35. The Labute approximate surface area is 160 Å². The maximum absolute atomic E-state index is 12.6. The third kappa shape index (κ3) is 4.91. The minimum absolute atomic E-state index is 0.112. The number of hydrogen-bond acceptors (Lipinski definition) is 4. The van der Waals surface area contributed by atoms with E-state index in [2.05, 4.69) is 34.7 Å². The van der Waals surface area contributed by atoms with Gasteiger partial charge in [0.1, 0.15) is 5.76 Å². The third-order valence-corrected chi connectivity index (χ3v) is 6.22. The van der Waals surface area contributed by atoms with Gasteiger partial charge in [0.15, 0.2) is 0 Å². The quantitative estimate of drug-likeness (QED) is 0.746. The summed E-state index contributed by atoms with van der Waals surface area (Å²) in [5.41, 5.74) is 3.25. The van der Waals surface area contributed by atoms with Gasteiger partial charge in [0.2, 0.25) is 5.91 Å². The van der Waals surface area contributed by atoms with Crippen LogP contribution < -0.4 is 5.32 Å². The van der Waals surface area contributed by atoms with Gasteiger partial charge in [0.25, 0.3) is 0 Å². The number of carbonyl (C=O) groups is 1. The molecular formula is C21H28N2O2S. The summed E-state index contributed by atoms with van der Waals surface area (Å²) in [6.45, 7) is 3.87. The number of carbonyl (C=O) groups excluding carboxylic acids is 1. The minimum Gasteiger partial charge on any atom is -0.361 e. The molecule has 26 heavy (non-hydrogen) atoms. The van der Waals surface area contributed by atoms with Gasteiger partial charge in [-0.25, -0.2) is 0 Å². The molecule has 1 aromatic carbocycles. The molecule has 1 aliphatic carbocycles. The van der Waals surface area contributed by atoms with Gasteiger partial charge in [-0.2, -0.15) is 0 Å². The zero-order valence-corrected chi connectivity index (χ0v) is 16.5. The Morgan fingerprint density at radius 1 is 1.23 bits per heavy atom. The fourth-order valence-electron chi connectivity index (χ4n) is 3.77. The van der Waals surface area contributed by atoms with Gasteiger partial charge in [-0.3, -0.25) is 4.79 Å². The van der Waals surface area contributed by atoms with Gasteiger partial charge in [0.05, 0.1) is 17.5 Å². The SMILES string of the molecule is Cc1noc(C)c1CSCC(=O)N[C@@H](c1ccccc1)C1CCCCC1. The second-order valence-corrected chi connectivity index (χ2v) is 8.14. The topological polar surface area (TPSA) is 55.1 Å². The van der Waals surface area contributed by atoms with E-state index in [1.165, 1.54) is 37.7 Å². The molecule has 0 spiro atoms. The average molecular weight is 373 g/mol. The Hall–Kier alpha value is -1.75. The van der Waals surface area contributed by atoms with E-state index >= 15 is 0 Å². The molecule has 0 unspecified atom stereocenters. The Bertz CT molecular complexity index is 689. The first-order valence-corrected chi connectivity index (χ1v) is 10.6. The summed E-state index contributed by atoms with van der Waals surface area (Å²) >= 11 is 1.62. The van der Waals surface area contributed by atoms with Crippen LogP contribution in [-0.4, -0.2) is 16.8 Å². The number of amides is 1. The number of aromatic nitrogens is 1. The van der Waals surface area contributed by atoms with Crippen LogP contribution in [0, 0.1) is 19.8 Å². The molecule has 1 aromatic heterocycles. The van der Waals surface area contributed by atoms with Crippen LogP contribution in [-0.2, 0) is 10.5 Å². The van der Waals surface area contributed by atoms with Crippen molar-refractivity contribution in [1.82, 2.24) is 10.5 Å². The molecule has 4 nitrogen and oxygen atoms in total. The van der Waals surface area contributed by atoms with Crippen LogP contribution in [0.5, 0.6) is 0 Å². The summed E-state index contributed by atoms with van der Waals surface area (Å²) in [5, 5.41) is 7.29. The molecule has 0 aliphatic heterocycles. The first-order valence-electron chi connectivity index (χ1n) is 9.49. The highest BCUT2D eigenvalue weighted by Gasteiger charge is 2.26. The fraction of sp³-hybridized carbons (Fsp3) is 0.524. The molecule has 0 radical (unpaired) electrons. The first kappa shape index (κ1) is 19.0. The van der Waals surface area contributed by atoms with Crippen LogP contribution in [0.25, 0.3) is 0 Å². The molecule has 1 N–H and O–H groups in total. The predicted octanol–water partition coefficient (Wildman–Crippen LogP) is 4.96. The summed E-state index contributed by atoms with van der Waals surface area (Å²) in [6.07, 6.45) is 6.26. The van der Waals surface area contributed by atoms with E-state index in [0.29, 0.717) is 11.7 Å². The molecule has 1 fully saturated rings. The summed E-state index contributed by atoms with van der Waals surface area (Å²) in [6, 6.07) is 10.5. The van der Waals surface area contributed by atoms with Crippen LogP contribution in [0.2, 0.25) is 0 Å². The van der Waals surface area contributed by atoms with Crippen molar-refractivity contribution in [2.45, 2.75) is 57.7 Å². The molecule has 0 saturated heterocycles. The molecule has 0 bridgehead atoms. The highest BCUT2D eigenvalue weighted by molar-refractivity contribution is 7.99. The van der Waals surface area contributed by atoms with E-state index < -0.39 is 0 Å². The van der Waals surface area contributed by atoms with Gasteiger partial charge >= 0.3 is 0 Å². The molecule has 5 heteroatoms. The Morgan fingerprint density at radius 3 is 2.62 bits per heavy atom. The van der Waals surface area contributed by atoms with Gasteiger partial charge in [0, 0.05) is 11.3 Å². The Balaban J connectivity index is 1.58. The van der Waals surface area contributed by atoms with Gasteiger partial charge in [-0.15, -0.1) is 11.8 Å². The van der Waals surface area contributed by atoms with E-state index in [4.69, 9.17) is 4.52 Å². The van der Waals surface area contributed by atoms with Crippen molar-refractivity contribution >= 4 is 17.7 Å². The maximum atomic E-state index is 12.6. The fourth-order valence-corrected chi connectivity index (χ4v) is 4.76. The van der Waals surface area contributed by atoms with Crippen LogP contribution in [0.15, 0.2) is 34.9 Å². The largest absolute Gasteiger partial charge is 0.361 e. The molecular weight excluding hydrogens is 344 g/mol. The summed E-state index contributed by atoms with van der Waals surface area (Å²) < 4.78 is 5.19. The standard InChI is InChI=1S/C21H28N2O2S/c1-15-19(16(2)25-23-15)13-26-14-20(24)22-21(17-9-5-3-6-10-17)18-11-7-4-8-12-18/h3,5-6,9-10,18,21H,4,7-8,11-14H2,1-2H3,(H,22,24)/t21-/m0/s1. The van der Waals surface area contributed by atoms with Crippen LogP contribution in [0.4, 0.5) is 0 Å². The maximum Gasteiger partial charge on any atom is 0.230 e. The van der Waals surface area contributed by atoms with Crippen molar-refractivity contribution < 1.29 is 9.32 Å². The monoisotopic (exact) mass is 372 g/mol. The highest BCUT2D eigenvalue weighted by Crippen LogP contribution is 2.34. The summed E-state index contributed by atoms with van der Waals surface area (Å²) in [4.78, 5) is 12.6. The number of nitrogens with zero attached hydrogens (tertiary/aromatic N) is 1. The second kappa shape index (κ2) is 9.26. The van der Waals surface area contributed by atoms with E-state index in [1.807, 2.05) is 19.9 Å². The van der Waals surface area contributed by atoms with Crippen LogP contribution in [0.1, 0.15) is 60.7 Å². The van der Waals surface area contributed by atoms with Gasteiger partial charge < -0.3 is 9.84 Å². The van der Waals surface area contributed by atoms with E-state index in [9.17, 15) is 4.79 Å². The average Bonchev–Trinajstić information content (AvgIpc) is 2.99. The lowest BCUT2D eigenvalue weighted by atomic mass is 9.81. The molecule has 3 rings (SSSR count). The molecule has 1 aliphatic rings. The summed E-state index contributed by atoms with van der Waals surface area (Å²) in [5.74, 6) is 2.72. The smallest absolute Gasteiger partial charge is 0.230 e. The third-order valence-electron chi connectivity index (χ3n) is 5.26. The van der Waals surface area contributed by atoms with E-state index in [-0.39, 0.29) is 11.9 Å². The van der Waals surface area contributed by atoms with Crippen molar-refractivity contribution in [3.05, 3.63) is 52.9 Å². The number of aryl methyl sites for hydroxylation is 2. The lowest BCUT2D eigenvalue weighted by molar-refractivity contribution is -0.119.